The monoisotopic (exact) mass is 630 g/mol. The van der Waals surface area contributed by atoms with E-state index in [4.69, 9.17) is 23.2 Å². The number of carbonyl (C=O) groups excluding carboxylic acids is 2. The minimum Gasteiger partial charge on any atom is -0.481 e. The molecule has 2 aromatic heterocycles. The Morgan fingerprint density at radius 1 is 1.05 bits per heavy atom. The van der Waals surface area contributed by atoms with Crippen LogP contribution in [0.2, 0.25) is 10.0 Å². The van der Waals surface area contributed by atoms with Gasteiger partial charge in [0.1, 0.15) is 0 Å². The Morgan fingerprint density at radius 2 is 1.63 bits per heavy atom. The molecule has 2 heterocycles. The summed E-state index contributed by atoms with van der Waals surface area (Å²) < 4.78 is 85.0. The van der Waals surface area contributed by atoms with Crippen LogP contribution in [0.3, 0.4) is 0 Å². The third-order valence-electron chi connectivity index (χ3n) is 7.21. The maximum absolute atomic E-state index is 14.4. The summed E-state index contributed by atoms with van der Waals surface area (Å²) >= 11 is 12.0. The van der Waals surface area contributed by atoms with Crippen molar-refractivity contribution < 1.29 is 45.8 Å². The van der Waals surface area contributed by atoms with E-state index in [1.54, 1.807) is 6.92 Å². The number of Topliss-reactive ketones (excluding diaryl/α,β-unsaturated/α-hetero) is 1. The molecule has 0 saturated heterocycles. The topological polar surface area (TPSA) is 105 Å². The molecule has 3 rings (SSSR count). The van der Waals surface area contributed by atoms with Crippen molar-refractivity contribution in [3.8, 4) is 0 Å². The van der Waals surface area contributed by atoms with Gasteiger partial charge in [0, 0.05) is 18.9 Å². The van der Waals surface area contributed by atoms with Crippen LogP contribution < -0.4 is 0 Å². The lowest BCUT2D eigenvalue weighted by Gasteiger charge is -2.34. The Morgan fingerprint density at radius 3 is 2.12 bits per heavy atom. The summed E-state index contributed by atoms with van der Waals surface area (Å²) in [5, 5.41) is 12.6. The number of pyridine rings is 1. The van der Waals surface area contributed by atoms with Gasteiger partial charge in [-0.05, 0) is 39.0 Å². The van der Waals surface area contributed by atoms with Crippen molar-refractivity contribution in [1.29, 1.82) is 0 Å². The largest absolute Gasteiger partial charge is 0.481 e. The quantitative estimate of drug-likeness (QED) is 0.261. The Kier molecular flexibility index (Phi) is 9.38. The lowest BCUT2D eigenvalue weighted by Crippen LogP contribution is -2.48. The highest BCUT2D eigenvalue weighted by atomic mass is 35.5. The fourth-order valence-electron chi connectivity index (χ4n) is 4.90. The molecule has 1 fully saturated rings. The van der Waals surface area contributed by atoms with Crippen molar-refractivity contribution in [2.24, 2.45) is 17.3 Å². The van der Waals surface area contributed by atoms with Crippen molar-refractivity contribution in [3.63, 3.8) is 0 Å². The van der Waals surface area contributed by atoms with Crippen LogP contribution in [0.25, 0.3) is 0 Å². The molecule has 1 aliphatic rings. The molecule has 0 aromatic carbocycles. The number of amides is 1. The predicted molar refractivity (Wildman–Crippen MR) is 135 cm³/mol. The molecule has 2 aromatic rings. The molecule has 0 aliphatic heterocycles. The third-order valence-corrected chi connectivity index (χ3v) is 7.78. The van der Waals surface area contributed by atoms with Crippen LogP contribution in [-0.2, 0) is 11.0 Å². The Labute approximate surface area is 240 Å². The second kappa shape index (κ2) is 11.8. The number of nitrogens with zero attached hydrogens (tertiary/aromatic N) is 4. The Balaban J connectivity index is 2.06. The van der Waals surface area contributed by atoms with E-state index in [9.17, 15) is 45.8 Å². The van der Waals surface area contributed by atoms with Gasteiger partial charge in [0.2, 0.25) is 0 Å². The van der Waals surface area contributed by atoms with Crippen LogP contribution in [0.4, 0.5) is 26.3 Å². The SMILES string of the molecule is C[C@@H]1C[C@@H](n2ncc(C(=O)N(CC(=O)c3c(Cl)cncc3Cl)CC(C)(C)C(F)(F)F)c2C(F)(F)F)CC[C@@H]1C(=O)O. The molecule has 3 atom stereocenters. The number of carboxylic acids is 1. The molecular weight excluding hydrogens is 605 g/mol. The lowest BCUT2D eigenvalue weighted by atomic mass is 9.78. The zero-order chi connectivity index (χ0) is 31.1. The van der Waals surface area contributed by atoms with E-state index < -0.39 is 77.7 Å². The number of ketones is 1. The van der Waals surface area contributed by atoms with Crippen molar-refractivity contribution in [2.75, 3.05) is 13.1 Å². The highest BCUT2D eigenvalue weighted by molar-refractivity contribution is 6.39. The zero-order valence-electron chi connectivity index (χ0n) is 22.0. The molecule has 8 nitrogen and oxygen atoms in total. The maximum atomic E-state index is 14.4. The van der Waals surface area contributed by atoms with Crippen LogP contribution in [0.5, 0.6) is 0 Å². The number of aromatic nitrogens is 3. The average Bonchev–Trinajstić information content (AvgIpc) is 3.28. The van der Waals surface area contributed by atoms with Gasteiger partial charge in [0.05, 0.1) is 51.3 Å². The van der Waals surface area contributed by atoms with Crippen molar-refractivity contribution in [2.45, 2.75) is 58.4 Å². The van der Waals surface area contributed by atoms with Gasteiger partial charge in [0.15, 0.2) is 11.5 Å². The highest BCUT2D eigenvalue weighted by Gasteiger charge is 2.50. The highest BCUT2D eigenvalue weighted by Crippen LogP contribution is 2.42. The molecule has 1 saturated carbocycles. The van der Waals surface area contributed by atoms with E-state index in [-0.39, 0.29) is 34.9 Å². The number of aliphatic carboxylic acids is 1. The summed E-state index contributed by atoms with van der Waals surface area (Å²) in [4.78, 5) is 42.1. The van der Waals surface area contributed by atoms with E-state index in [1.807, 2.05) is 0 Å². The average molecular weight is 631 g/mol. The van der Waals surface area contributed by atoms with Gasteiger partial charge in [-0.2, -0.15) is 31.4 Å². The summed E-state index contributed by atoms with van der Waals surface area (Å²) in [6.07, 6.45) is -7.28. The molecule has 0 bridgehead atoms. The number of carbonyl (C=O) groups is 3. The van der Waals surface area contributed by atoms with Crippen molar-refractivity contribution >= 4 is 40.9 Å². The second-order valence-electron chi connectivity index (χ2n) is 10.7. The van der Waals surface area contributed by atoms with E-state index in [0.717, 1.165) is 26.2 Å². The molecule has 41 heavy (non-hydrogen) atoms. The summed E-state index contributed by atoms with van der Waals surface area (Å²) in [5.41, 5.74) is -5.55. The van der Waals surface area contributed by atoms with Crippen LogP contribution in [0.1, 0.15) is 72.5 Å². The van der Waals surface area contributed by atoms with Crippen molar-refractivity contribution in [3.05, 3.63) is 45.5 Å². The summed E-state index contributed by atoms with van der Waals surface area (Å²) in [5.74, 6) is -4.88. The minimum absolute atomic E-state index is 0.0116. The zero-order valence-corrected chi connectivity index (χ0v) is 23.5. The standard InChI is InChI=1S/C25H26Cl2F6N4O4/c1-12-6-13(4-5-14(12)22(40)41)37-20(24(28,29)30)15(7-35-37)21(39)36(11-23(2,3)25(31,32)33)10-18(38)19-16(26)8-34-9-17(19)27/h7-9,12-14H,4-6,10-11H2,1-3H3,(H,40,41)/t12-,13+,14+/m1/s1. The molecule has 0 unspecified atom stereocenters. The van der Waals surface area contributed by atoms with Gasteiger partial charge >= 0.3 is 18.3 Å². The second-order valence-corrected chi connectivity index (χ2v) is 11.5. The van der Waals surface area contributed by atoms with Crippen LogP contribution in [-0.4, -0.2) is 61.7 Å². The summed E-state index contributed by atoms with van der Waals surface area (Å²) in [7, 11) is 0. The predicted octanol–water partition coefficient (Wildman–Crippen LogP) is 6.58. The van der Waals surface area contributed by atoms with E-state index >= 15 is 0 Å². The molecule has 1 amide bonds. The van der Waals surface area contributed by atoms with E-state index in [1.165, 1.54) is 0 Å². The van der Waals surface area contributed by atoms with Gasteiger partial charge in [-0.25, -0.2) is 0 Å². The number of rotatable bonds is 8. The maximum Gasteiger partial charge on any atom is 0.433 e. The first-order chi connectivity index (χ1) is 18.8. The Hall–Kier alpha value is -2.87. The van der Waals surface area contributed by atoms with Crippen LogP contribution in [0, 0.1) is 17.3 Å². The smallest absolute Gasteiger partial charge is 0.433 e. The summed E-state index contributed by atoms with van der Waals surface area (Å²) in [6.45, 7) is 0.798. The van der Waals surface area contributed by atoms with E-state index in [0.29, 0.717) is 15.8 Å². The first-order valence-electron chi connectivity index (χ1n) is 12.3. The molecule has 0 radical (unpaired) electrons. The van der Waals surface area contributed by atoms with Gasteiger partial charge in [0.25, 0.3) is 5.91 Å². The summed E-state index contributed by atoms with van der Waals surface area (Å²) in [6, 6.07) is -0.921. The van der Waals surface area contributed by atoms with Gasteiger partial charge in [-0.3, -0.25) is 24.0 Å². The molecule has 1 aliphatic carbocycles. The number of halogens is 8. The molecule has 0 spiro atoms. The third kappa shape index (κ3) is 6.96. The van der Waals surface area contributed by atoms with Gasteiger partial charge in [-0.15, -0.1) is 0 Å². The van der Waals surface area contributed by atoms with E-state index in [2.05, 4.69) is 10.1 Å². The molecule has 226 valence electrons. The lowest BCUT2D eigenvalue weighted by molar-refractivity contribution is -0.214. The Bertz CT molecular complexity index is 1310. The van der Waals surface area contributed by atoms with Crippen LogP contribution >= 0.6 is 23.2 Å². The van der Waals surface area contributed by atoms with Gasteiger partial charge in [-0.1, -0.05) is 30.1 Å². The number of hydrogen-bond donors (Lipinski definition) is 1. The van der Waals surface area contributed by atoms with Gasteiger partial charge < -0.3 is 10.0 Å². The van der Waals surface area contributed by atoms with Crippen molar-refractivity contribution in [1.82, 2.24) is 19.7 Å². The molecular formula is C25H26Cl2F6N4O4. The number of hydrogen-bond acceptors (Lipinski definition) is 5. The normalized spacial score (nSPS) is 20.1. The molecule has 1 N–H and O–H groups in total. The van der Waals surface area contributed by atoms with Crippen LogP contribution in [0.15, 0.2) is 18.6 Å². The first-order valence-corrected chi connectivity index (χ1v) is 13.1. The number of carboxylic acid groups (broad SMARTS) is 1. The minimum atomic E-state index is -5.17. The molecule has 16 heteroatoms. The number of alkyl halides is 6. The first kappa shape index (κ1) is 32.6. The fourth-order valence-corrected chi connectivity index (χ4v) is 5.48. The fraction of sp³-hybridized carbons (Fsp3) is 0.560.